The van der Waals surface area contributed by atoms with E-state index >= 15 is 0 Å². The largest absolute Gasteiger partial charge is 0.481 e. The van der Waals surface area contributed by atoms with Crippen LogP contribution in [-0.4, -0.2) is 38.3 Å². The number of nitrogens with two attached hydrogens (primary N) is 1. The lowest BCUT2D eigenvalue weighted by atomic mass is 10.1. The Hall–Kier alpha value is -0.560. The molecule has 4 N–H and O–H groups in total. The third-order valence-corrected chi connectivity index (χ3v) is 1.91. The van der Waals surface area contributed by atoms with Crippen molar-refractivity contribution in [1.82, 2.24) is 0 Å². The summed E-state index contributed by atoms with van der Waals surface area (Å²) in [5.74, 6) is -3.25. The molecule has 0 fully saturated rings. The van der Waals surface area contributed by atoms with Crippen LogP contribution in [-0.2, 0) is 14.4 Å². The number of hydrogen-bond acceptors (Lipinski definition) is 4. The SMILES string of the molecule is CC(CC(=O)CN)C(=O)O.O=C(O)C(Cl)(Cl)Cl. The second kappa shape index (κ2) is 8.52. The van der Waals surface area contributed by atoms with E-state index in [4.69, 9.17) is 50.7 Å². The normalized spacial score (nSPS) is 12.1. The van der Waals surface area contributed by atoms with Gasteiger partial charge >= 0.3 is 11.9 Å². The van der Waals surface area contributed by atoms with Crippen LogP contribution >= 0.6 is 34.8 Å². The summed E-state index contributed by atoms with van der Waals surface area (Å²) in [6.07, 6.45) is 0.0336. The quantitative estimate of drug-likeness (QED) is 0.669. The van der Waals surface area contributed by atoms with Gasteiger partial charge in [-0.15, -0.1) is 0 Å². The van der Waals surface area contributed by atoms with E-state index in [9.17, 15) is 14.4 Å². The molecular formula is C8H12Cl3NO5. The maximum Gasteiger partial charge on any atom is 0.356 e. The Labute approximate surface area is 113 Å². The molecule has 100 valence electrons. The predicted molar refractivity (Wildman–Crippen MR) is 63.4 cm³/mol. The third-order valence-electron chi connectivity index (χ3n) is 1.43. The average molecular weight is 309 g/mol. The first-order valence-electron chi connectivity index (χ1n) is 4.27. The van der Waals surface area contributed by atoms with Crippen molar-refractivity contribution in [3.63, 3.8) is 0 Å². The maximum absolute atomic E-state index is 10.5. The van der Waals surface area contributed by atoms with E-state index in [1.807, 2.05) is 0 Å². The lowest BCUT2D eigenvalue weighted by Crippen LogP contribution is -2.20. The highest BCUT2D eigenvalue weighted by molar-refractivity contribution is 6.75. The number of aliphatic carboxylic acids is 2. The molecule has 0 aromatic carbocycles. The average Bonchev–Trinajstić information content (AvgIpc) is 2.16. The van der Waals surface area contributed by atoms with E-state index < -0.39 is 21.6 Å². The zero-order valence-electron chi connectivity index (χ0n) is 8.82. The number of halogens is 3. The molecule has 0 heterocycles. The first-order valence-corrected chi connectivity index (χ1v) is 5.40. The van der Waals surface area contributed by atoms with Crippen molar-refractivity contribution >= 4 is 52.5 Å². The van der Waals surface area contributed by atoms with Crippen molar-refractivity contribution in [3.8, 4) is 0 Å². The zero-order chi connectivity index (χ0) is 14.2. The number of rotatable bonds is 4. The molecule has 0 aromatic rings. The number of carboxylic acid groups (broad SMARTS) is 2. The van der Waals surface area contributed by atoms with Crippen molar-refractivity contribution in [1.29, 1.82) is 0 Å². The number of hydrogen-bond donors (Lipinski definition) is 3. The molecule has 0 aliphatic rings. The molecule has 0 saturated carbocycles. The van der Waals surface area contributed by atoms with Crippen LogP contribution in [0.1, 0.15) is 13.3 Å². The van der Waals surface area contributed by atoms with Crippen molar-refractivity contribution in [2.75, 3.05) is 6.54 Å². The van der Waals surface area contributed by atoms with Gasteiger partial charge in [0, 0.05) is 6.42 Å². The highest BCUT2D eigenvalue weighted by atomic mass is 35.6. The number of Topliss-reactive ketones (excluding diaryl/α,β-unsaturated/α-hetero) is 1. The second-order valence-electron chi connectivity index (χ2n) is 2.99. The summed E-state index contributed by atoms with van der Waals surface area (Å²) < 4.78 is -2.17. The van der Waals surface area contributed by atoms with Gasteiger partial charge in [-0.1, -0.05) is 41.7 Å². The van der Waals surface area contributed by atoms with E-state index in [1.54, 1.807) is 0 Å². The number of alkyl halides is 3. The molecule has 0 spiro atoms. The summed E-state index contributed by atoms with van der Waals surface area (Å²) >= 11 is 14.4. The topological polar surface area (TPSA) is 118 Å². The van der Waals surface area contributed by atoms with Gasteiger partial charge in [-0.05, 0) is 0 Å². The summed E-state index contributed by atoms with van der Waals surface area (Å²) in [6.45, 7) is 1.41. The van der Waals surface area contributed by atoms with Gasteiger partial charge in [-0.25, -0.2) is 4.79 Å². The van der Waals surface area contributed by atoms with Gasteiger partial charge in [0.25, 0.3) is 3.79 Å². The first kappa shape index (κ1) is 18.8. The van der Waals surface area contributed by atoms with Gasteiger partial charge in [0.05, 0.1) is 12.5 Å². The highest BCUT2D eigenvalue weighted by Crippen LogP contribution is 2.25. The zero-order valence-corrected chi connectivity index (χ0v) is 11.1. The van der Waals surface area contributed by atoms with Crippen LogP contribution in [0, 0.1) is 5.92 Å². The third kappa shape index (κ3) is 11.7. The molecule has 6 nitrogen and oxygen atoms in total. The van der Waals surface area contributed by atoms with Crippen LogP contribution in [0.5, 0.6) is 0 Å². The van der Waals surface area contributed by atoms with Crippen LogP contribution in [0.3, 0.4) is 0 Å². The van der Waals surface area contributed by atoms with E-state index in [-0.39, 0.29) is 18.7 Å². The Morgan fingerprint density at radius 2 is 1.59 bits per heavy atom. The number of carbonyl (C=O) groups is 3. The summed E-state index contributed by atoms with van der Waals surface area (Å²) in [7, 11) is 0. The van der Waals surface area contributed by atoms with Crippen LogP contribution in [0.4, 0.5) is 0 Å². The fourth-order valence-electron chi connectivity index (χ4n) is 0.512. The van der Waals surface area contributed by atoms with Gasteiger partial charge in [0.2, 0.25) is 0 Å². The smallest absolute Gasteiger partial charge is 0.356 e. The molecule has 0 radical (unpaired) electrons. The summed E-state index contributed by atoms with van der Waals surface area (Å²) in [6, 6.07) is 0. The van der Waals surface area contributed by atoms with Crippen LogP contribution in [0.25, 0.3) is 0 Å². The molecule has 0 aliphatic carbocycles. The number of ketones is 1. The standard InChI is InChI=1S/C6H11NO3.C2HCl3O2/c1-4(6(9)10)2-5(8)3-7;3-2(4,5)1(6)7/h4H,2-3,7H2,1H3,(H,9,10);(H,6,7). The lowest BCUT2D eigenvalue weighted by Gasteiger charge is -2.01. The van der Waals surface area contributed by atoms with Crippen LogP contribution in [0.15, 0.2) is 0 Å². The van der Waals surface area contributed by atoms with Gasteiger partial charge < -0.3 is 15.9 Å². The second-order valence-corrected chi connectivity index (χ2v) is 5.27. The van der Waals surface area contributed by atoms with Gasteiger partial charge in [0.15, 0.2) is 0 Å². The maximum atomic E-state index is 10.5. The Bertz CT molecular complexity index is 289. The highest BCUT2D eigenvalue weighted by Gasteiger charge is 2.29. The molecule has 0 bridgehead atoms. The van der Waals surface area contributed by atoms with Crippen LogP contribution in [0.2, 0.25) is 0 Å². The van der Waals surface area contributed by atoms with Crippen molar-refractivity contribution in [3.05, 3.63) is 0 Å². The minimum absolute atomic E-state index is 0.0336. The molecule has 17 heavy (non-hydrogen) atoms. The van der Waals surface area contributed by atoms with Gasteiger partial charge in [-0.3, -0.25) is 9.59 Å². The molecule has 0 amide bonds. The molecule has 0 saturated heterocycles. The fraction of sp³-hybridized carbons (Fsp3) is 0.625. The molecule has 1 atom stereocenters. The molecule has 1 unspecified atom stereocenters. The monoisotopic (exact) mass is 307 g/mol. The fourth-order valence-corrected chi connectivity index (χ4v) is 0.512. The van der Waals surface area contributed by atoms with E-state index in [1.165, 1.54) is 6.92 Å². The Kier molecular flexibility index (Phi) is 9.42. The Morgan fingerprint density at radius 3 is 1.76 bits per heavy atom. The van der Waals surface area contributed by atoms with E-state index in [0.717, 1.165) is 0 Å². The van der Waals surface area contributed by atoms with Crippen molar-refractivity contribution in [2.24, 2.45) is 11.7 Å². The molecule has 9 heteroatoms. The minimum atomic E-state index is -2.17. The predicted octanol–water partition coefficient (Wildman–Crippen LogP) is 1.07. The first-order chi connectivity index (χ1) is 7.52. The van der Waals surface area contributed by atoms with E-state index in [0.29, 0.717) is 0 Å². The molecule has 0 rings (SSSR count). The summed E-state index contributed by atoms with van der Waals surface area (Å²) in [5.41, 5.74) is 4.98. The Balaban J connectivity index is 0. The number of carbonyl (C=O) groups excluding carboxylic acids is 1. The van der Waals surface area contributed by atoms with Crippen molar-refractivity contribution < 1.29 is 24.6 Å². The molecule has 0 aliphatic heterocycles. The number of carboxylic acids is 2. The molecule has 0 aromatic heterocycles. The Morgan fingerprint density at radius 1 is 1.24 bits per heavy atom. The van der Waals surface area contributed by atoms with Crippen molar-refractivity contribution in [2.45, 2.75) is 17.1 Å². The molecular weight excluding hydrogens is 296 g/mol. The lowest BCUT2D eigenvalue weighted by molar-refractivity contribution is -0.143. The minimum Gasteiger partial charge on any atom is -0.481 e. The van der Waals surface area contributed by atoms with E-state index in [2.05, 4.69) is 0 Å². The van der Waals surface area contributed by atoms with Gasteiger partial charge in [-0.2, -0.15) is 0 Å². The van der Waals surface area contributed by atoms with Gasteiger partial charge in [0.1, 0.15) is 5.78 Å². The summed E-state index contributed by atoms with van der Waals surface area (Å²) in [5, 5.41) is 16.2. The summed E-state index contributed by atoms with van der Waals surface area (Å²) in [4.78, 5) is 30.3. The van der Waals surface area contributed by atoms with Crippen LogP contribution < -0.4 is 5.73 Å².